The van der Waals surface area contributed by atoms with E-state index >= 15 is 0 Å². The Balaban J connectivity index is 1.85. The zero-order valence-corrected chi connectivity index (χ0v) is 16.3. The van der Waals surface area contributed by atoms with Crippen molar-refractivity contribution in [1.29, 1.82) is 0 Å². The van der Waals surface area contributed by atoms with Gasteiger partial charge in [-0.3, -0.25) is 9.52 Å². The summed E-state index contributed by atoms with van der Waals surface area (Å²) < 4.78 is 36.6. The zero-order chi connectivity index (χ0) is 18.9. The average molecular weight is 439 g/mol. The van der Waals surface area contributed by atoms with Crippen molar-refractivity contribution < 1.29 is 22.4 Å². The molecule has 0 aliphatic rings. The van der Waals surface area contributed by atoms with Crippen LogP contribution in [0.5, 0.6) is 5.75 Å². The molecule has 9 heteroatoms. The van der Waals surface area contributed by atoms with E-state index < -0.39 is 15.9 Å². The van der Waals surface area contributed by atoms with Crippen molar-refractivity contribution in [2.24, 2.45) is 0 Å². The van der Waals surface area contributed by atoms with Gasteiger partial charge in [0.1, 0.15) is 11.3 Å². The maximum absolute atomic E-state index is 12.4. The Kier molecular flexibility index (Phi) is 4.92. The number of para-hydroxylation sites is 1. The van der Waals surface area contributed by atoms with Crippen molar-refractivity contribution in [2.45, 2.75) is 0 Å². The van der Waals surface area contributed by atoms with Crippen LogP contribution >= 0.6 is 15.9 Å². The second-order valence-corrected chi connectivity index (χ2v) is 8.12. The van der Waals surface area contributed by atoms with Crippen LogP contribution in [0.3, 0.4) is 0 Å². The van der Waals surface area contributed by atoms with Crippen molar-refractivity contribution in [1.82, 2.24) is 0 Å². The van der Waals surface area contributed by atoms with E-state index in [1.807, 2.05) is 18.2 Å². The lowest BCUT2D eigenvalue weighted by molar-refractivity contribution is 0.0998. The number of anilines is 2. The van der Waals surface area contributed by atoms with Crippen molar-refractivity contribution in [3.05, 3.63) is 52.7 Å². The van der Waals surface area contributed by atoms with Crippen molar-refractivity contribution in [3.8, 4) is 5.75 Å². The summed E-state index contributed by atoms with van der Waals surface area (Å²) in [5.74, 6) is 0.00348. The number of furan rings is 1. The fourth-order valence-corrected chi connectivity index (χ4v) is 3.42. The Morgan fingerprint density at radius 2 is 1.96 bits per heavy atom. The van der Waals surface area contributed by atoms with Crippen LogP contribution in [0.1, 0.15) is 10.6 Å². The fourth-order valence-electron chi connectivity index (χ4n) is 2.39. The third-order valence-corrected chi connectivity index (χ3v) is 4.69. The summed E-state index contributed by atoms with van der Waals surface area (Å²) >= 11 is 3.38. The predicted molar refractivity (Wildman–Crippen MR) is 103 cm³/mol. The highest BCUT2D eigenvalue weighted by atomic mass is 79.9. The molecule has 0 aliphatic carbocycles. The van der Waals surface area contributed by atoms with Crippen LogP contribution in [0, 0.1) is 0 Å². The van der Waals surface area contributed by atoms with E-state index in [0.29, 0.717) is 11.3 Å². The van der Waals surface area contributed by atoms with Crippen LogP contribution in [0.15, 0.2) is 51.4 Å². The van der Waals surface area contributed by atoms with Gasteiger partial charge >= 0.3 is 0 Å². The van der Waals surface area contributed by atoms with Gasteiger partial charge in [0.25, 0.3) is 5.91 Å². The third kappa shape index (κ3) is 4.00. The summed E-state index contributed by atoms with van der Waals surface area (Å²) in [6.07, 6.45) is 1.04. The van der Waals surface area contributed by atoms with Gasteiger partial charge in [-0.1, -0.05) is 12.1 Å². The summed E-state index contributed by atoms with van der Waals surface area (Å²) in [5.41, 5.74) is 1.30. The predicted octanol–water partition coefficient (Wildman–Crippen LogP) is 3.83. The maximum Gasteiger partial charge on any atom is 0.291 e. The SMILES string of the molecule is COc1cc(NC(=O)c2cc3cccc(Br)c3o2)ccc1NS(C)(=O)=O. The highest BCUT2D eigenvalue weighted by Crippen LogP contribution is 2.30. The lowest BCUT2D eigenvalue weighted by Crippen LogP contribution is -2.12. The van der Waals surface area contributed by atoms with Gasteiger partial charge in [0.15, 0.2) is 5.76 Å². The molecule has 26 heavy (non-hydrogen) atoms. The molecule has 136 valence electrons. The van der Waals surface area contributed by atoms with Crippen LogP contribution < -0.4 is 14.8 Å². The molecule has 1 heterocycles. The largest absolute Gasteiger partial charge is 0.494 e. The van der Waals surface area contributed by atoms with Gasteiger partial charge in [0.05, 0.1) is 23.5 Å². The molecule has 0 aliphatic heterocycles. The zero-order valence-electron chi connectivity index (χ0n) is 13.9. The molecule has 0 unspecified atom stereocenters. The molecule has 2 aromatic carbocycles. The lowest BCUT2D eigenvalue weighted by Gasteiger charge is -2.11. The van der Waals surface area contributed by atoms with E-state index in [9.17, 15) is 13.2 Å². The molecule has 7 nitrogen and oxygen atoms in total. The van der Waals surface area contributed by atoms with Crippen molar-refractivity contribution >= 4 is 54.2 Å². The highest BCUT2D eigenvalue weighted by molar-refractivity contribution is 9.10. The van der Waals surface area contributed by atoms with Crippen LogP contribution in [-0.4, -0.2) is 27.7 Å². The lowest BCUT2D eigenvalue weighted by atomic mass is 10.2. The fraction of sp³-hybridized carbons (Fsp3) is 0.118. The van der Waals surface area contributed by atoms with Crippen LogP contribution in [-0.2, 0) is 10.0 Å². The number of hydrogen-bond donors (Lipinski definition) is 2. The molecule has 0 saturated heterocycles. The maximum atomic E-state index is 12.4. The number of amides is 1. The highest BCUT2D eigenvalue weighted by Gasteiger charge is 2.15. The van der Waals surface area contributed by atoms with Gasteiger partial charge in [0, 0.05) is 17.1 Å². The summed E-state index contributed by atoms with van der Waals surface area (Å²) in [6.45, 7) is 0. The number of ether oxygens (including phenoxy) is 1. The molecule has 0 radical (unpaired) electrons. The first-order chi connectivity index (χ1) is 12.3. The van der Waals surface area contributed by atoms with Gasteiger partial charge in [-0.2, -0.15) is 0 Å². The van der Waals surface area contributed by atoms with E-state index in [-0.39, 0.29) is 17.2 Å². The Labute approximate surface area is 158 Å². The van der Waals surface area contributed by atoms with E-state index in [1.54, 1.807) is 12.1 Å². The minimum absolute atomic E-state index is 0.157. The monoisotopic (exact) mass is 438 g/mol. The molecule has 0 spiro atoms. The number of hydrogen-bond acceptors (Lipinski definition) is 5. The topological polar surface area (TPSA) is 97.6 Å². The van der Waals surface area contributed by atoms with Crippen LogP contribution in [0.25, 0.3) is 11.0 Å². The molecule has 3 aromatic rings. The number of fused-ring (bicyclic) bond motifs is 1. The van der Waals surface area contributed by atoms with Gasteiger partial charge in [0.2, 0.25) is 10.0 Å². The first-order valence-electron chi connectivity index (χ1n) is 7.42. The minimum atomic E-state index is -3.44. The van der Waals surface area contributed by atoms with E-state index in [2.05, 4.69) is 26.0 Å². The molecule has 0 saturated carbocycles. The number of rotatable bonds is 5. The number of nitrogens with one attached hydrogen (secondary N) is 2. The Morgan fingerprint density at radius 3 is 2.62 bits per heavy atom. The smallest absolute Gasteiger partial charge is 0.291 e. The van der Waals surface area contributed by atoms with Crippen LogP contribution in [0.4, 0.5) is 11.4 Å². The third-order valence-electron chi connectivity index (χ3n) is 3.47. The molecule has 0 atom stereocenters. The number of benzene rings is 2. The van der Waals surface area contributed by atoms with E-state index in [0.717, 1.165) is 16.1 Å². The summed E-state index contributed by atoms with van der Waals surface area (Å²) in [5, 5.41) is 3.50. The molecule has 1 amide bonds. The number of carbonyl (C=O) groups is 1. The van der Waals surface area contributed by atoms with Crippen molar-refractivity contribution in [3.63, 3.8) is 0 Å². The van der Waals surface area contributed by atoms with Gasteiger partial charge in [-0.15, -0.1) is 0 Å². The van der Waals surface area contributed by atoms with Gasteiger partial charge in [-0.05, 0) is 40.2 Å². The molecule has 0 bridgehead atoms. The summed E-state index contributed by atoms with van der Waals surface area (Å²) in [4.78, 5) is 12.4. The minimum Gasteiger partial charge on any atom is -0.494 e. The second kappa shape index (κ2) is 7.00. The molecular formula is C17H15BrN2O5S. The number of methoxy groups -OCH3 is 1. The molecular weight excluding hydrogens is 424 g/mol. The number of halogens is 1. The first kappa shape index (κ1) is 18.3. The molecule has 0 fully saturated rings. The Morgan fingerprint density at radius 1 is 1.19 bits per heavy atom. The first-order valence-corrected chi connectivity index (χ1v) is 10.1. The normalized spacial score (nSPS) is 11.3. The Hall–Kier alpha value is -2.52. The Bertz CT molecular complexity index is 1090. The van der Waals surface area contributed by atoms with Crippen LogP contribution in [0.2, 0.25) is 0 Å². The quantitative estimate of drug-likeness (QED) is 0.630. The molecule has 2 N–H and O–H groups in total. The van der Waals surface area contributed by atoms with E-state index in [4.69, 9.17) is 9.15 Å². The number of sulfonamides is 1. The second-order valence-electron chi connectivity index (χ2n) is 5.51. The number of carbonyl (C=O) groups excluding carboxylic acids is 1. The molecule has 3 rings (SSSR count). The summed E-state index contributed by atoms with van der Waals surface area (Å²) in [6, 6.07) is 11.7. The van der Waals surface area contributed by atoms with Crippen molar-refractivity contribution in [2.75, 3.05) is 23.4 Å². The summed E-state index contributed by atoms with van der Waals surface area (Å²) in [7, 11) is -2.04. The standard InChI is InChI=1S/C17H15BrN2O5S/c1-24-14-9-11(6-7-13(14)20-26(2,22)23)19-17(21)15-8-10-4-3-5-12(18)16(10)25-15/h3-9,20H,1-2H3,(H,19,21). The molecule has 1 aromatic heterocycles. The van der Waals surface area contributed by atoms with E-state index in [1.165, 1.54) is 19.2 Å². The van der Waals surface area contributed by atoms with Gasteiger partial charge < -0.3 is 14.5 Å². The average Bonchev–Trinajstić information content (AvgIpc) is 3.01. The van der Waals surface area contributed by atoms with Gasteiger partial charge in [-0.25, -0.2) is 8.42 Å².